The first-order valence-corrected chi connectivity index (χ1v) is 7.72. The molecule has 0 fully saturated rings. The second-order valence-electron chi connectivity index (χ2n) is 4.86. The maximum Gasteiger partial charge on any atom is 0.341 e. The van der Waals surface area contributed by atoms with Crippen molar-refractivity contribution in [3.8, 4) is 0 Å². The number of carbonyl (C=O) groups excluding carboxylic acids is 2. The molecule has 0 atom stereocenters. The molecule has 0 bridgehead atoms. The molecule has 2 N–H and O–H groups in total. The Labute approximate surface area is 122 Å². The average molecular weight is 296 g/mol. The van der Waals surface area contributed by atoms with E-state index in [-0.39, 0.29) is 5.97 Å². The lowest BCUT2D eigenvalue weighted by atomic mass is 10.1. The van der Waals surface area contributed by atoms with Crippen molar-refractivity contribution in [1.29, 1.82) is 0 Å². The fraction of sp³-hybridized carbons (Fsp3) is 0.571. The maximum atomic E-state index is 12.2. The first-order valence-electron chi connectivity index (χ1n) is 6.91. The fourth-order valence-corrected chi connectivity index (χ4v) is 3.82. The summed E-state index contributed by atoms with van der Waals surface area (Å²) >= 11 is 1.49. The van der Waals surface area contributed by atoms with E-state index in [4.69, 9.17) is 10.5 Å². The Bertz CT molecular complexity index is 525. The molecule has 0 unspecified atom stereocenters. The molecule has 20 heavy (non-hydrogen) atoms. The van der Waals surface area contributed by atoms with E-state index < -0.39 is 6.03 Å². The minimum Gasteiger partial charge on any atom is -0.462 e. The molecule has 0 aliphatic heterocycles. The highest BCUT2D eigenvalue weighted by Crippen LogP contribution is 2.39. The molecule has 0 aromatic carbocycles. The number of thiophene rings is 1. The quantitative estimate of drug-likeness (QED) is 0.688. The van der Waals surface area contributed by atoms with Crippen molar-refractivity contribution in [2.75, 3.05) is 18.6 Å². The summed E-state index contributed by atoms with van der Waals surface area (Å²) in [4.78, 5) is 26.2. The standard InChI is InChI=1S/C14H20N2O3S/c1-3-19-13(17)11-9-7-5-4-6-8-10(9)20-12(11)16(2)14(15)18/h3-8H2,1-2H3,(H2,15,18). The molecule has 0 radical (unpaired) electrons. The van der Waals surface area contributed by atoms with Crippen molar-refractivity contribution in [3.05, 3.63) is 16.0 Å². The molecule has 0 spiro atoms. The third-order valence-corrected chi connectivity index (χ3v) is 4.89. The van der Waals surface area contributed by atoms with Gasteiger partial charge < -0.3 is 10.5 Å². The number of hydrogen-bond acceptors (Lipinski definition) is 4. The molecule has 2 amide bonds. The fourth-order valence-electron chi connectivity index (χ4n) is 2.48. The van der Waals surface area contributed by atoms with Crippen LogP contribution in [0.2, 0.25) is 0 Å². The van der Waals surface area contributed by atoms with Gasteiger partial charge in [-0.05, 0) is 38.2 Å². The number of nitrogens with two attached hydrogens (primary N) is 1. The molecule has 6 heteroatoms. The average Bonchev–Trinajstić information content (AvgIpc) is 2.61. The van der Waals surface area contributed by atoms with Gasteiger partial charge in [-0.2, -0.15) is 0 Å². The van der Waals surface area contributed by atoms with Crippen LogP contribution in [0, 0.1) is 0 Å². The molecular formula is C14H20N2O3S. The van der Waals surface area contributed by atoms with E-state index in [1.807, 2.05) is 0 Å². The zero-order valence-electron chi connectivity index (χ0n) is 11.9. The van der Waals surface area contributed by atoms with Gasteiger partial charge in [-0.1, -0.05) is 6.42 Å². The van der Waals surface area contributed by atoms with Crippen LogP contribution < -0.4 is 10.6 Å². The first kappa shape index (κ1) is 14.8. The zero-order chi connectivity index (χ0) is 14.7. The Morgan fingerprint density at radius 3 is 2.65 bits per heavy atom. The summed E-state index contributed by atoms with van der Waals surface area (Å²) in [5.74, 6) is -0.352. The Balaban J connectivity index is 2.50. The summed E-state index contributed by atoms with van der Waals surface area (Å²) < 4.78 is 5.15. The number of amides is 2. The minimum atomic E-state index is -0.563. The van der Waals surface area contributed by atoms with Crippen LogP contribution in [0.3, 0.4) is 0 Å². The number of esters is 1. The van der Waals surface area contributed by atoms with Crippen molar-refractivity contribution in [1.82, 2.24) is 0 Å². The summed E-state index contributed by atoms with van der Waals surface area (Å²) in [7, 11) is 1.59. The van der Waals surface area contributed by atoms with E-state index in [1.165, 1.54) is 27.5 Å². The van der Waals surface area contributed by atoms with E-state index in [1.54, 1.807) is 14.0 Å². The molecule has 0 saturated carbocycles. The molecular weight excluding hydrogens is 276 g/mol. The third-order valence-electron chi connectivity index (χ3n) is 3.52. The van der Waals surface area contributed by atoms with Crippen LogP contribution in [-0.4, -0.2) is 25.7 Å². The van der Waals surface area contributed by atoms with E-state index >= 15 is 0 Å². The van der Waals surface area contributed by atoms with Gasteiger partial charge in [0, 0.05) is 11.9 Å². The number of ether oxygens (including phenoxy) is 1. The van der Waals surface area contributed by atoms with Gasteiger partial charge in [0.05, 0.1) is 12.2 Å². The topological polar surface area (TPSA) is 72.6 Å². The molecule has 1 aliphatic rings. The molecule has 1 heterocycles. The highest BCUT2D eigenvalue weighted by molar-refractivity contribution is 7.17. The highest BCUT2D eigenvalue weighted by Gasteiger charge is 2.28. The Morgan fingerprint density at radius 2 is 2.00 bits per heavy atom. The van der Waals surface area contributed by atoms with E-state index in [0.29, 0.717) is 17.2 Å². The summed E-state index contributed by atoms with van der Waals surface area (Å²) in [6.07, 6.45) is 5.18. The van der Waals surface area contributed by atoms with Crippen LogP contribution in [0.5, 0.6) is 0 Å². The third kappa shape index (κ3) is 2.80. The number of carbonyl (C=O) groups is 2. The Hall–Kier alpha value is -1.56. The van der Waals surface area contributed by atoms with E-state index in [0.717, 1.165) is 31.2 Å². The number of nitrogens with zero attached hydrogens (tertiary/aromatic N) is 1. The van der Waals surface area contributed by atoms with Gasteiger partial charge in [0.1, 0.15) is 5.00 Å². The number of primary amides is 1. The number of anilines is 1. The summed E-state index contributed by atoms with van der Waals surface area (Å²) in [5, 5.41) is 0.614. The van der Waals surface area contributed by atoms with Gasteiger partial charge in [0.15, 0.2) is 0 Å². The Kier molecular flexibility index (Phi) is 4.65. The van der Waals surface area contributed by atoms with Crippen LogP contribution >= 0.6 is 11.3 Å². The summed E-state index contributed by atoms with van der Waals surface area (Å²) in [6.45, 7) is 2.10. The lowest BCUT2D eigenvalue weighted by Crippen LogP contribution is -2.32. The molecule has 0 saturated heterocycles. The predicted octanol–water partition coefficient (Wildman–Crippen LogP) is 2.71. The minimum absolute atomic E-state index is 0.323. The SMILES string of the molecule is CCOC(=O)c1c(N(C)C(N)=O)sc2c1CCCCC2. The van der Waals surface area contributed by atoms with Gasteiger partial charge >= 0.3 is 12.0 Å². The molecule has 5 nitrogen and oxygen atoms in total. The second-order valence-corrected chi connectivity index (χ2v) is 5.95. The maximum absolute atomic E-state index is 12.2. The van der Waals surface area contributed by atoms with Gasteiger partial charge in [-0.15, -0.1) is 11.3 Å². The van der Waals surface area contributed by atoms with E-state index in [2.05, 4.69) is 0 Å². The smallest absolute Gasteiger partial charge is 0.341 e. The summed E-state index contributed by atoms with van der Waals surface area (Å²) in [5.41, 5.74) is 6.93. The lowest BCUT2D eigenvalue weighted by molar-refractivity contribution is 0.0526. The lowest BCUT2D eigenvalue weighted by Gasteiger charge is -2.14. The predicted molar refractivity (Wildman–Crippen MR) is 79.5 cm³/mol. The van der Waals surface area contributed by atoms with Crippen LogP contribution in [0.1, 0.15) is 47.0 Å². The first-order chi connectivity index (χ1) is 9.56. The van der Waals surface area contributed by atoms with Crippen molar-refractivity contribution in [3.63, 3.8) is 0 Å². The van der Waals surface area contributed by atoms with Gasteiger partial charge in [0.25, 0.3) is 0 Å². The Morgan fingerprint density at radius 1 is 1.30 bits per heavy atom. The zero-order valence-corrected chi connectivity index (χ0v) is 12.7. The molecule has 2 rings (SSSR count). The van der Waals surface area contributed by atoms with Crippen molar-refractivity contribution >= 4 is 28.3 Å². The molecule has 1 aliphatic carbocycles. The number of urea groups is 1. The van der Waals surface area contributed by atoms with E-state index in [9.17, 15) is 9.59 Å². The second kappa shape index (κ2) is 6.26. The van der Waals surface area contributed by atoms with Crippen LogP contribution in [0.15, 0.2) is 0 Å². The monoisotopic (exact) mass is 296 g/mol. The van der Waals surface area contributed by atoms with Gasteiger partial charge in [0.2, 0.25) is 0 Å². The van der Waals surface area contributed by atoms with Crippen molar-refractivity contribution in [2.45, 2.75) is 39.0 Å². The van der Waals surface area contributed by atoms with Crippen molar-refractivity contribution in [2.24, 2.45) is 5.73 Å². The molecule has 1 aromatic rings. The largest absolute Gasteiger partial charge is 0.462 e. The number of fused-ring (bicyclic) bond motifs is 1. The van der Waals surface area contributed by atoms with Gasteiger partial charge in [-0.3, -0.25) is 4.90 Å². The molecule has 1 aromatic heterocycles. The summed E-state index contributed by atoms with van der Waals surface area (Å²) in [6, 6.07) is -0.563. The number of hydrogen-bond donors (Lipinski definition) is 1. The number of aryl methyl sites for hydroxylation is 1. The van der Waals surface area contributed by atoms with Crippen LogP contribution in [-0.2, 0) is 17.6 Å². The number of rotatable bonds is 3. The highest BCUT2D eigenvalue weighted by atomic mass is 32.1. The molecule has 110 valence electrons. The van der Waals surface area contributed by atoms with Crippen molar-refractivity contribution < 1.29 is 14.3 Å². The van der Waals surface area contributed by atoms with Crippen LogP contribution in [0.25, 0.3) is 0 Å². The van der Waals surface area contributed by atoms with Crippen LogP contribution in [0.4, 0.5) is 9.80 Å². The normalized spacial score (nSPS) is 14.3. The van der Waals surface area contributed by atoms with Gasteiger partial charge in [-0.25, -0.2) is 9.59 Å².